The first-order chi connectivity index (χ1) is 12.6. The molecule has 6 heteroatoms. The van der Waals surface area contributed by atoms with E-state index in [0.717, 1.165) is 16.8 Å². The average molecular weight is 347 g/mol. The summed E-state index contributed by atoms with van der Waals surface area (Å²) in [5.41, 5.74) is 2.80. The number of rotatable bonds is 3. The maximum Gasteiger partial charge on any atom is 0.312 e. The van der Waals surface area contributed by atoms with Crippen molar-refractivity contribution in [2.24, 2.45) is 0 Å². The topological polar surface area (TPSA) is 75.4 Å². The molecule has 2 aromatic carbocycles. The fourth-order valence-electron chi connectivity index (χ4n) is 3.30. The van der Waals surface area contributed by atoms with E-state index < -0.39 is 11.9 Å². The summed E-state index contributed by atoms with van der Waals surface area (Å²) in [6, 6.07) is 18.5. The van der Waals surface area contributed by atoms with Gasteiger partial charge in [-0.15, -0.1) is 0 Å². The van der Waals surface area contributed by atoms with Crippen LogP contribution in [0, 0.1) is 0 Å². The molecule has 6 nitrogen and oxygen atoms in total. The molecule has 0 bridgehead atoms. The van der Waals surface area contributed by atoms with Crippen LogP contribution in [0.3, 0.4) is 0 Å². The molecule has 1 unspecified atom stereocenters. The van der Waals surface area contributed by atoms with Gasteiger partial charge in [0, 0.05) is 19.3 Å². The molecular formula is C20H17N3O3. The van der Waals surface area contributed by atoms with Crippen LogP contribution in [0.5, 0.6) is 0 Å². The molecule has 130 valence electrons. The molecule has 1 aromatic heterocycles. The number of hydrogen-bond donors (Lipinski definition) is 1. The van der Waals surface area contributed by atoms with Gasteiger partial charge < -0.3 is 10.0 Å². The molecule has 4 rings (SSSR count). The van der Waals surface area contributed by atoms with Crippen molar-refractivity contribution < 1.29 is 14.7 Å². The third kappa shape index (κ3) is 2.86. The van der Waals surface area contributed by atoms with E-state index in [2.05, 4.69) is 5.10 Å². The van der Waals surface area contributed by atoms with Crippen LogP contribution in [0.1, 0.15) is 27.5 Å². The highest BCUT2D eigenvalue weighted by molar-refractivity contribution is 5.93. The first-order valence-electron chi connectivity index (χ1n) is 8.34. The van der Waals surface area contributed by atoms with E-state index >= 15 is 0 Å². The van der Waals surface area contributed by atoms with Gasteiger partial charge in [-0.3, -0.25) is 9.59 Å². The Morgan fingerprint density at radius 3 is 2.50 bits per heavy atom. The van der Waals surface area contributed by atoms with Crippen LogP contribution in [0.15, 0.2) is 66.9 Å². The number of benzene rings is 2. The lowest BCUT2D eigenvalue weighted by Crippen LogP contribution is -2.40. The summed E-state index contributed by atoms with van der Waals surface area (Å²) in [7, 11) is 0. The zero-order valence-electron chi connectivity index (χ0n) is 13.9. The third-order valence-corrected chi connectivity index (χ3v) is 4.61. The lowest BCUT2D eigenvalue weighted by atomic mass is 9.89. The zero-order chi connectivity index (χ0) is 18.1. The maximum atomic E-state index is 12.9. The standard InChI is InChI=1S/C20H17N3O3/c24-19(18-10-11-23(21-18)15-7-2-1-3-8-15)22-12-14-6-4-5-9-16(14)17(13-22)20(25)26/h1-11,17H,12-13H2,(H,25,26). The minimum atomic E-state index is -0.926. The van der Waals surface area contributed by atoms with E-state index in [0.29, 0.717) is 12.2 Å². The van der Waals surface area contributed by atoms with Crippen LogP contribution in [0.2, 0.25) is 0 Å². The summed E-state index contributed by atoms with van der Waals surface area (Å²) in [6.07, 6.45) is 1.73. The van der Waals surface area contributed by atoms with E-state index in [1.807, 2.05) is 54.6 Å². The van der Waals surface area contributed by atoms with Gasteiger partial charge in [-0.1, -0.05) is 42.5 Å². The average Bonchev–Trinajstić information content (AvgIpc) is 3.17. The number of aromatic nitrogens is 2. The summed E-state index contributed by atoms with van der Waals surface area (Å²) in [4.78, 5) is 26.1. The zero-order valence-corrected chi connectivity index (χ0v) is 13.9. The Morgan fingerprint density at radius 1 is 1.00 bits per heavy atom. The lowest BCUT2D eigenvalue weighted by molar-refractivity contribution is -0.139. The van der Waals surface area contributed by atoms with Crippen LogP contribution in [0.25, 0.3) is 5.69 Å². The number of carbonyl (C=O) groups is 2. The van der Waals surface area contributed by atoms with Gasteiger partial charge in [0.15, 0.2) is 5.69 Å². The highest BCUT2D eigenvalue weighted by atomic mass is 16.4. The van der Waals surface area contributed by atoms with Crippen LogP contribution < -0.4 is 0 Å². The van der Waals surface area contributed by atoms with Crippen molar-refractivity contribution in [3.05, 3.63) is 83.7 Å². The Hall–Kier alpha value is -3.41. The third-order valence-electron chi connectivity index (χ3n) is 4.61. The second-order valence-electron chi connectivity index (χ2n) is 6.26. The van der Waals surface area contributed by atoms with E-state index in [4.69, 9.17) is 0 Å². The predicted molar refractivity (Wildman–Crippen MR) is 95.1 cm³/mol. The molecule has 0 saturated carbocycles. The molecule has 1 aliphatic rings. The van der Waals surface area contributed by atoms with E-state index in [9.17, 15) is 14.7 Å². The number of carboxylic acids is 1. The number of para-hydroxylation sites is 1. The largest absolute Gasteiger partial charge is 0.481 e. The summed E-state index contributed by atoms with van der Waals surface area (Å²) >= 11 is 0. The predicted octanol–water partition coefficient (Wildman–Crippen LogP) is 2.70. The van der Waals surface area contributed by atoms with Crippen molar-refractivity contribution in [2.75, 3.05) is 6.54 Å². The Morgan fingerprint density at radius 2 is 1.73 bits per heavy atom. The number of amides is 1. The fourth-order valence-corrected chi connectivity index (χ4v) is 3.30. The summed E-state index contributed by atoms with van der Waals surface area (Å²) < 4.78 is 1.64. The highest BCUT2D eigenvalue weighted by Crippen LogP contribution is 2.29. The van der Waals surface area contributed by atoms with Gasteiger partial charge in [-0.2, -0.15) is 5.10 Å². The van der Waals surface area contributed by atoms with E-state index in [1.165, 1.54) is 0 Å². The summed E-state index contributed by atoms with van der Waals surface area (Å²) in [5, 5.41) is 13.9. The molecule has 1 aliphatic heterocycles. The minimum Gasteiger partial charge on any atom is -0.481 e. The Bertz CT molecular complexity index is 965. The second-order valence-corrected chi connectivity index (χ2v) is 6.26. The van der Waals surface area contributed by atoms with Crippen molar-refractivity contribution in [1.82, 2.24) is 14.7 Å². The number of carboxylic acid groups (broad SMARTS) is 1. The Labute approximate surface area is 150 Å². The normalized spacial score (nSPS) is 16.2. The summed E-state index contributed by atoms with van der Waals surface area (Å²) in [5.74, 6) is -1.91. The van der Waals surface area contributed by atoms with Crippen molar-refractivity contribution in [2.45, 2.75) is 12.5 Å². The first-order valence-corrected chi connectivity index (χ1v) is 8.34. The minimum absolute atomic E-state index is 0.142. The van der Waals surface area contributed by atoms with E-state index in [1.54, 1.807) is 21.8 Å². The molecule has 1 atom stereocenters. The van der Waals surface area contributed by atoms with Crippen LogP contribution in [-0.2, 0) is 11.3 Å². The smallest absolute Gasteiger partial charge is 0.312 e. The number of fused-ring (bicyclic) bond motifs is 1. The van der Waals surface area contributed by atoms with Crippen LogP contribution >= 0.6 is 0 Å². The molecule has 0 fully saturated rings. The van der Waals surface area contributed by atoms with E-state index in [-0.39, 0.29) is 12.5 Å². The molecule has 1 N–H and O–H groups in total. The van der Waals surface area contributed by atoms with Crippen molar-refractivity contribution in [1.29, 1.82) is 0 Å². The molecule has 1 amide bonds. The van der Waals surface area contributed by atoms with Crippen LogP contribution in [0.4, 0.5) is 0 Å². The SMILES string of the molecule is O=C(O)C1CN(C(=O)c2ccn(-c3ccccc3)n2)Cc2ccccc21. The van der Waals surface area contributed by atoms with Gasteiger partial charge in [-0.05, 0) is 29.3 Å². The van der Waals surface area contributed by atoms with Gasteiger partial charge in [0.1, 0.15) is 0 Å². The summed E-state index contributed by atoms with van der Waals surface area (Å²) in [6.45, 7) is 0.528. The molecule has 0 saturated heterocycles. The molecule has 0 spiro atoms. The monoisotopic (exact) mass is 347 g/mol. The van der Waals surface area contributed by atoms with Gasteiger partial charge in [0.2, 0.25) is 0 Å². The van der Waals surface area contributed by atoms with Crippen molar-refractivity contribution >= 4 is 11.9 Å². The maximum absolute atomic E-state index is 12.9. The van der Waals surface area contributed by atoms with Gasteiger partial charge >= 0.3 is 5.97 Å². The van der Waals surface area contributed by atoms with Gasteiger partial charge in [0.25, 0.3) is 5.91 Å². The quantitative estimate of drug-likeness (QED) is 0.790. The fraction of sp³-hybridized carbons (Fsp3) is 0.150. The van der Waals surface area contributed by atoms with Gasteiger partial charge in [-0.25, -0.2) is 4.68 Å². The Balaban J connectivity index is 1.61. The number of hydrogen-bond acceptors (Lipinski definition) is 3. The first kappa shape index (κ1) is 16.1. The number of nitrogens with zero attached hydrogens (tertiary/aromatic N) is 3. The molecule has 3 aromatic rings. The Kier molecular flexibility index (Phi) is 4.01. The van der Waals surface area contributed by atoms with Crippen molar-refractivity contribution in [3.63, 3.8) is 0 Å². The molecule has 2 heterocycles. The van der Waals surface area contributed by atoms with Crippen molar-refractivity contribution in [3.8, 4) is 5.69 Å². The highest BCUT2D eigenvalue weighted by Gasteiger charge is 2.33. The molecular weight excluding hydrogens is 330 g/mol. The lowest BCUT2D eigenvalue weighted by Gasteiger charge is -2.32. The number of aliphatic carboxylic acids is 1. The molecule has 0 radical (unpaired) electrons. The molecule has 0 aliphatic carbocycles. The van der Waals surface area contributed by atoms with Gasteiger partial charge in [0.05, 0.1) is 11.6 Å². The number of carbonyl (C=O) groups excluding carboxylic acids is 1. The van der Waals surface area contributed by atoms with Crippen LogP contribution in [-0.4, -0.2) is 38.2 Å². The second kappa shape index (κ2) is 6.48. The molecule has 26 heavy (non-hydrogen) atoms.